The SMILES string of the molecule is CC[C@@H](CO)NC(=O)C(=O)NCc1n[nH]c(=O)c2ccccc12. The number of carbonyl (C=O) groups excluding carboxylic acids is 2. The monoisotopic (exact) mass is 318 g/mol. The van der Waals surface area contributed by atoms with E-state index in [2.05, 4.69) is 20.8 Å². The van der Waals surface area contributed by atoms with E-state index in [9.17, 15) is 14.4 Å². The number of aliphatic hydroxyl groups is 1. The summed E-state index contributed by atoms with van der Waals surface area (Å²) in [5.41, 5.74) is 0.137. The molecule has 4 N–H and O–H groups in total. The van der Waals surface area contributed by atoms with Gasteiger partial charge in [0.1, 0.15) is 0 Å². The van der Waals surface area contributed by atoms with Crippen molar-refractivity contribution in [3.05, 3.63) is 40.3 Å². The molecule has 1 atom stereocenters. The average molecular weight is 318 g/mol. The lowest BCUT2D eigenvalue weighted by atomic mass is 10.1. The van der Waals surface area contributed by atoms with Gasteiger partial charge >= 0.3 is 11.8 Å². The van der Waals surface area contributed by atoms with Crippen molar-refractivity contribution in [2.75, 3.05) is 6.61 Å². The summed E-state index contributed by atoms with van der Waals surface area (Å²) in [7, 11) is 0. The fraction of sp³-hybridized carbons (Fsp3) is 0.333. The molecule has 0 spiro atoms. The average Bonchev–Trinajstić information content (AvgIpc) is 2.58. The lowest BCUT2D eigenvalue weighted by molar-refractivity contribution is -0.139. The summed E-state index contributed by atoms with van der Waals surface area (Å²) in [5.74, 6) is -1.64. The van der Waals surface area contributed by atoms with E-state index in [1.807, 2.05) is 0 Å². The first-order chi connectivity index (χ1) is 11.1. The number of rotatable bonds is 5. The highest BCUT2D eigenvalue weighted by atomic mass is 16.3. The Bertz CT molecular complexity index is 767. The molecule has 0 bridgehead atoms. The Balaban J connectivity index is 2.07. The number of nitrogens with one attached hydrogen (secondary N) is 3. The van der Waals surface area contributed by atoms with Crippen molar-refractivity contribution in [3.63, 3.8) is 0 Å². The molecule has 122 valence electrons. The van der Waals surface area contributed by atoms with Crippen molar-refractivity contribution in [1.29, 1.82) is 0 Å². The second-order valence-corrected chi connectivity index (χ2v) is 4.99. The molecule has 1 aromatic carbocycles. The van der Waals surface area contributed by atoms with Gasteiger partial charge in [-0.05, 0) is 12.5 Å². The number of benzene rings is 1. The van der Waals surface area contributed by atoms with Crippen molar-refractivity contribution >= 4 is 22.6 Å². The Kier molecular flexibility index (Phi) is 5.42. The number of amides is 2. The number of carbonyl (C=O) groups is 2. The van der Waals surface area contributed by atoms with Gasteiger partial charge in [-0.1, -0.05) is 25.1 Å². The van der Waals surface area contributed by atoms with Gasteiger partial charge in [0.2, 0.25) is 0 Å². The third kappa shape index (κ3) is 3.92. The van der Waals surface area contributed by atoms with Gasteiger partial charge in [-0.25, -0.2) is 5.10 Å². The summed E-state index contributed by atoms with van der Waals surface area (Å²) in [6.45, 7) is 1.55. The van der Waals surface area contributed by atoms with Crippen LogP contribution in [-0.4, -0.2) is 39.8 Å². The molecule has 0 fully saturated rings. The van der Waals surface area contributed by atoms with Crippen LogP contribution in [0.3, 0.4) is 0 Å². The van der Waals surface area contributed by atoms with Crippen molar-refractivity contribution in [2.45, 2.75) is 25.9 Å². The summed E-state index contributed by atoms with van der Waals surface area (Å²) in [4.78, 5) is 35.2. The van der Waals surface area contributed by atoms with Gasteiger partial charge in [-0.15, -0.1) is 0 Å². The molecule has 0 saturated heterocycles. The van der Waals surface area contributed by atoms with Crippen molar-refractivity contribution in [3.8, 4) is 0 Å². The Labute approximate surface area is 131 Å². The minimum absolute atomic E-state index is 0.000532. The Hall–Kier alpha value is -2.74. The minimum atomic E-state index is -0.825. The van der Waals surface area contributed by atoms with Crippen LogP contribution in [0.5, 0.6) is 0 Å². The van der Waals surface area contributed by atoms with E-state index < -0.39 is 17.9 Å². The van der Waals surface area contributed by atoms with Crippen molar-refractivity contribution in [1.82, 2.24) is 20.8 Å². The molecule has 2 rings (SSSR count). The van der Waals surface area contributed by atoms with Crippen LogP contribution in [0.25, 0.3) is 10.8 Å². The predicted molar refractivity (Wildman–Crippen MR) is 83.5 cm³/mol. The van der Waals surface area contributed by atoms with E-state index in [4.69, 9.17) is 5.11 Å². The molecule has 8 heteroatoms. The molecule has 23 heavy (non-hydrogen) atoms. The fourth-order valence-corrected chi connectivity index (χ4v) is 2.08. The maximum atomic E-state index is 11.8. The first-order valence-electron chi connectivity index (χ1n) is 7.22. The molecular formula is C15H18N4O4. The van der Waals surface area contributed by atoms with E-state index in [0.29, 0.717) is 22.9 Å². The molecular weight excluding hydrogens is 300 g/mol. The van der Waals surface area contributed by atoms with Crippen LogP contribution >= 0.6 is 0 Å². The highest BCUT2D eigenvalue weighted by Crippen LogP contribution is 2.11. The zero-order valence-electron chi connectivity index (χ0n) is 12.6. The smallest absolute Gasteiger partial charge is 0.309 e. The number of hydrogen-bond donors (Lipinski definition) is 4. The number of nitrogens with zero attached hydrogens (tertiary/aromatic N) is 1. The Morgan fingerprint density at radius 1 is 1.26 bits per heavy atom. The molecule has 1 aromatic heterocycles. The van der Waals surface area contributed by atoms with Gasteiger partial charge in [0, 0.05) is 5.39 Å². The minimum Gasteiger partial charge on any atom is -0.394 e. The predicted octanol–water partition coefficient (Wildman–Crippen LogP) is -0.574. The largest absolute Gasteiger partial charge is 0.394 e. The molecule has 0 aliphatic rings. The van der Waals surface area contributed by atoms with Gasteiger partial charge in [-0.2, -0.15) is 5.10 Å². The number of hydrogen-bond acceptors (Lipinski definition) is 5. The van der Waals surface area contributed by atoms with E-state index in [1.54, 1.807) is 31.2 Å². The third-order valence-corrected chi connectivity index (χ3v) is 3.45. The van der Waals surface area contributed by atoms with Crippen LogP contribution in [0.4, 0.5) is 0 Å². The molecule has 1 heterocycles. The normalized spacial score (nSPS) is 11.9. The zero-order chi connectivity index (χ0) is 16.8. The van der Waals surface area contributed by atoms with E-state index in [1.165, 1.54) is 0 Å². The number of H-pyrrole nitrogens is 1. The van der Waals surface area contributed by atoms with Crippen molar-refractivity contribution in [2.24, 2.45) is 0 Å². The highest BCUT2D eigenvalue weighted by molar-refractivity contribution is 6.35. The zero-order valence-corrected chi connectivity index (χ0v) is 12.6. The van der Waals surface area contributed by atoms with Gasteiger partial charge in [0.25, 0.3) is 5.56 Å². The second-order valence-electron chi connectivity index (χ2n) is 4.99. The first kappa shape index (κ1) is 16.6. The summed E-state index contributed by atoms with van der Waals surface area (Å²) in [6, 6.07) is 6.40. The molecule has 0 unspecified atom stereocenters. The van der Waals surface area contributed by atoms with Crippen LogP contribution < -0.4 is 16.2 Å². The molecule has 0 aliphatic heterocycles. The van der Waals surface area contributed by atoms with Crippen molar-refractivity contribution < 1.29 is 14.7 Å². The van der Waals surface area contributed by atoms with Crippen LogP contribution in [0.15, 0.2) is 29.1 Å². The number of aliphatic hydroxyl groups excluding tert-OH is 1. The summed E-state index contributed by atoms with van der Waals surface area (Å²) in [6.07, 6.45) is 0.516. The van der Waals surface area contributed by atoms with Gasteiger partial charge in [-0.3, -0.25) is 14.4 Å². The second kappa shape index (κ2) is 7.50. The van der Waals surface area contributed by atoms with E-state index in [-0.39, 0.29) is 18.7 Å². The number of aromatic nitrogens is 2. The molecule has 0 radical (unpaired) electrons. The quantitative estimate of drug-likeness (QED) is 0.549. The lowest BCUT2D eigenvalue weighted by Gasteiger charge is -2.13. The van der Waals surface area contributed by atoms with Gasteiger partial charge < -0.3 is 15.7 Å². The standard InChI is InChI=1S/C15H18N4O4/c1-2-9(8-20)17-15(23)14(22)16-7-12-10-5-3-4-6-11(10)13(21)19-18-12/h3-6,9,20H,2,7-8H2,1H3,(H,16,22)(H,17,23)(H,19,21)/t9-/m0/s1. The summed E-state index contributed by atoms with van der Waals surface area (Å²) in [5, 5.41) is 21.2. The van der Waals surface area contributed by atoms with Gasteiger partial charge in [0.05, 0.1) is 30.3 Å². The summed E-state index contributed by atoms with van der Waals surface area (Å²) < 4.78 is 0. The lowest BCUT2D eigenvalue weighted by Crippen LogP contribution is -2.45. The summed E-state index contributed by atoms with van der Waals surface area (Å²) >= 11 is 0. The molecule has 0 saturated carbocycles. The topological polar surface area (TPSA) is 124 Å². The fourth-order valence-electron chi connectivity index (χ4n) is 2.08. The van der Waals surface area contributed by atoms with Crippen LogP contribution in [0.1, 0.15) is 19.0 Å². The maximum absolute atomic E-state index is 11.8. The number of aromatic amines is 1. The molecule has 2 aromatic rings. The van der Waals surface area contributed by atoms with Gasteiger partial charge in [0.15, 0.2) is 0 Å². The van der Waals surface area contributed by atoms with Crippen LogP contribution in [-0.2, 0) is 16.1 Å². The Morgan fingerprint density at radius 2 is 1.96 bits per heavy atom. The van der Waals surface area contributed by atoms with E-state index in [0.717, 1.165) is 0 Å². The van der Waals surface area contributed by atoms with Crippen LogP contribution in [0, 0.1) is 0 Å². The Morgan fingerprint density at radius 3 is 2.61 bits per heavy atom. The van der Waals surface area contributed by atoms with Crippen LogP contribution in [0.2, 0.25) is 0 Å². The van der Waals surface area contributed by atoms with E-state index >= 15 is 0 Å². The molecule has 2 amide bonds. The molecule has 0 aliphatic carbocycles. The number of fused-ring (bicyclic) bond motifs is 1. The molecule has 8 nitrogen and oxygen atoms in total. The first-order valence-corrected chi connectivity index (χ1v) is 7.22. The highest BCUT2D eigenvalue weighted by Gasteiger charge is 2.17. The maximum Gasteiger partial charge on any atom is 0.309 e. The third-order valence-electron chi connectivity index (χ3n) is 3.45.